The quantitative estimate of drug-likeness (QED) is 0.791. The van der Waals surface area contributed by atoms with Crippen LogP contribution in [0.15, 0.2) is 36.5 Å². The molecule has 1 saturated carbocycles. The molecule has 0 spiro atoms. The molecule has 0 unspecified atom stereocenters. The lowest BCUT2D eigenvalue weighted by atomic mass is 9.93. The molecule has 0 radical (unpaired) electrons. The molecular weight excluding hydrogens is 288 g/mol. The van der Waals surface area contributed by atoms with E-state index < -0.39 is 0 Å². The monoisotopic (exact) mass is 312 g/mol. The molecular formula is C18H24N4O. The molecule has 1 aromatic heterocycles. The molecule has 3 rings (SSSR count). The highest BCUT2D eigenvalue weighted by atomic mass is 16.3. The summed E-state index contributed by atoms with van der Waals surface area (Å²) in [5.74, 6) is 1.52. The summed E-state index contributed by atoms with van der Waals surface area (Å²) in [4.78, 5) is 8.99. The van der Waals surface area contributed by atoms with Gasteiger partial charge in [0.05, 0.1) is 6.10 Å². The second-order valence-electron chi connectivity index (χ2n) is 6.21. The standard InChI is InChI=1S/C18H24N4O/c1-13-11-20-18(21-15-7-9-16(23)10-8-15)22-17(13)19-12-14-5-3-2-4-6-14/h2-6,11,15-16,23H,7-10,12H2,1H3,(H2,19,20,21,22). The van der Waals surface area contributed by atoms with Gasteiger partial charge in [-0.15, -0.1) is 0 Å². The Morgan fingerprint density at radius 1 is 1.13 bits per heavy atom. The molecule has 0 aliphatic heterocycles. The van der Waals surface area contributed by atoms with Crippen molar-refractivity contribution < 1.29 is 5.11 Å². The van der Waals surface area contributed by atoms with Gasteiger partial charge in [-0.1, -0.05) is 30.3 Å². The Balaban J connectivity index is 1.62. The van der Waals surface area contributed by atoms with Crippen LogP contribution in [0.5, 0.6) is 0 Å². The third kappa shape index (κ3) is 4.42. The van der Waals surface area contributed by atoms with E-state index in [4.69, 9.17) is 0 Å². The maximum atomic E-state index is 9.58. The summed E-state index contributed by atoms with van der Waals surface area (Å²) in [6, 6.07) is 10.6. The number of aryl methyl sites for hydroxylation is 1. The predicted molar refractivity (Wildman–Crippen MR) is 92.4 cm³/mol. The first-order valence-corrected chi connectivity index (χ1v) is 8.27. The Labute approximate surface area is 137 Å². The van der Waals surface area contributed by atoms with Crippen molar-refractivity contribution in [3.05, 3.63) is 47.7 Å². The maximum Gasteiger partial charge on any atom is 0.224 e. The van der Waals surface area contributed by atoms with Gasteiger partial charge in [-0.05, 0) is 38.2 Å². The third-order valence-electron chi connectivity index (χ3n) is 4.30. The van der Waals surface area contributed by atoms with Gasteiger partial charge in [-0.25, -0.2) is 4.98 Å². The third-order valence-corrected chi connectivity index (χ3v) is 4.30. The fraction of sp³-hybridized carbons (Fsp3) is 0.444. The van der Waals surface area contributed by atoms with Crippen molar-refractivity contribution in [1.29, 1.82) is 0 Å². The largest absolute Gasteiger partial charge is 0.393 e. The summed E-state index contributed by atoms with van der Waals surface area (Å²) in [6.45, 7) is 2.75. The summed E-state index contributed by atoms with van der Waals surface area (Å²) in [7, 11) is 0. The highest BCUT2D eigenvalue weighted by Gasteiger charge is 2.20. The van der Waals surface area contributed by atoms with Crippen molar-refractivity contribution in [3.8, 4) is 0 Å². The molecule has 0 atom stereocenters. The number of rotatable bonds is 5. The van der Waals surface area contributed by atoms with E-state index in [0.29, 0.717) is 12.0 Å². The molecule has 0 bridgehead atoms. The number of hydrogen-bond acceptors (Lipinski definition) is 5. The van der Waals surface area contributed by atoms with Gasteiger partial charge in [-0.2, -0.15) is 4.98 Å². The van der Waals surface area contributed by atoms with Gasteiger partial charge in [0.2, 0.25) is 5.95 Å². The topological polar surface area (TPSA) is 70.1 Å². The zero-order valence-corrected chi connectivity index (χ0v) is 13.5. The average molecular weight is 312 g/mol. The first-order valence-electron chi connectivity index (χ1n) is 8.27. The molecule has 5 heteroatoms. The molecule has 23 heavy (non-hydrogen) atoms. The smallest absolute Gasteiger partial charge is 0.224 e. The van der Waals surface area contributed by atoms with E-state index >= 15 is 0 Å². The Morgan fingerprint density at radius 2 is 1.87 bits per heavy atom. The van der Waals surface area contributed by atoms with Crippen LogP contribution in [0.4, 0.5) is 11.8 Å². The van der Waals surface area contributed by atoms with Crippen LogP contribution in [-0.4, -0.2) is 27.2 Å². The second-order valence-corrected chi connectivity index (χ2v) is 6.21. The van der Waals surface area contributed by atoms with Gasteiger partial charge in [0, 0.05) is 24.3 Å². The van der Waals surface area contributed by atoms with Crippen molar-refractivity contribution in [2.45, 2.75) is 51.3 Å². The first-order chi connectivity index (χ1) is 11.2. The number of aliphatic hydroxyl groups is 1. The fourth-order valence-electron chi connectivity index (χ4n) is 2.87. The SMILES string of the molecule is Cc1cnc(NC2CCC(O)CC2)nc1NCc1ccccc1. The summed E-state index contributed by atoms with van der Waals surface area (Å²) >= 11 is 0. The van der Waals surface area contributed by atoms with E-state index in [9.17, 15) is 5.11 Å². The van der Waals surface area contributed by atoms with Crippen molar-refractivity contribution >= 4 is 11.8 Å². The van der Waals surface area contributed by atoms with Crippen LogP contribution in [0.3, 0.4) is 0 Å². The molecule has 0 saturated heterocycles. The molecule has 1 fully saturated rings. The van der Waals surface area contributed by atoms with Crippen LogP contribution < -0.4 is 10.6 Å². The Morgan fingerprint density at radius 3 is 2.61 bits per heavy atom. The molecule has 5 nitrogen and oxygen atoms in total. The Hall–Kier alpha value is -2.14. The Bertz CT molecular complexity index is 624. The highest BCUT2D eigenvalue weighted by molar-refractivity contribution is 5.47. The molecule has 1 aliphatic rings. The van der Waals surface area contributed by atoms with Gasteiger partial charge in [0.1, 0.15) is 5.82 Å². The number of nitrogens with zero attached hydrogens (tertiary/aromatic N) is 2. The van der Waals surface area contributed by atoms with Crippen LogP contribution in [0.25, 0.3) is 0 Å². The van der Waals surface area contributed by atoms with Gasteiger partial charge in [-0.3, -0.25) is 0 Å². The van der Waals surface area contributed by atoms with E-state index in [-0.39, 0.29) is 6.10 Å². The number of anilines is 2. The molecule has 1 heterocycles. The summed E-state index contributed by atoms with van der Waals surface area (Å²) in [5.41, 5.74) is 2.26. The molecule has 0 amide bonds. The van der Waals surface area contributed by atoms with Gasteiger partial charge < -0.3 is 15.7 Å². The van der Waals surface area contributed by atoms with Crippen LogP contribution in [0.1, 0.15) is 36.8 Å². The fourth-order valence-corrected chi connectivity index (χ4v) is 2.87. The van der Waals surface area contributed by atoms with Crippen LogP contribution in [0, 0.1) is 6.92 Å². The summed E-state index contributed by atoms with van der Waals surface area (Å²) < 4.78 is 0. The number of aromatic nitrogens is 2. The van der Waals surface area contributed by atoms with E-state index in [1.54, 1.807) is 0 Å². The Kier molecular flexibility index (Phi) is 5.08. The number of aliphatic hydroxyl groups excluding tert-OH is 1. The number of benzene rings is 1. The lowest BCUT2D eigenvalue weighted by Crippen LogP contribution is -2.29. The normalized spacial score (nSPS) is 21.0. The van der Waals surface area contributed by atoms with Crippen molar-refractivity contribution in [1.82, 2.24) is 9.97 Å². The average Bonchev–Trinajstić information content (AvgIpc) is 2.58. The molecule has 122 valence electrons. The predicted octanol–water partition coefficient (Wildman–Crippen LogP) is 3.11. The van der Waals surface area contributed by atoms with Crippen molar-refractivity contribution in [2.24, 2.45) is 0 Å². The second kappa shape index (κ2) is 7.42. The van der Waals surface area contributed by atoms with E-state index in [1.165, 1.54) is 5.56 Å². The van der Waals surface area contributed by atoms with Crippen LogP contribution in [0.2, 0.25) is 0 Å². The number of hydrogen-bond donors (Lipinski definition) is 3. The van der Waals surface area contributed by atoms with Gasteiger partial charge in [0.15, 0.2) is 0 Å². The minimum absolute atomic E-state index is 0.143. The molecule has 2 aromatic rings. The first kappa shape index (κ1) is 15.7. The molecule has 3 N–H and O–H groups in total. The van der Waals surface area contributed by atoms with Gasteiger partial charge >= 0.3 is 0 Å². The summed E-state index contributed by atoms with van der Waals surface area (Å²) in [5, 5.41) is 16.4. The number of nitrogens with one attached hydrogen (secondary N) is 2. The maximum absolute atomic E-state index is 9.58. The molecule has 1 aliphatic carbocycles. The van der Waals surface area contributed by atoms with Crippen molar-refractivity contribution in [2.75, 3.05) is 10.6 Å². The van der Waals surface area contributed by atoms with Crippen molar-refractivity contribution in [3.63, 3.8) is 0 Å². The minimum Gasteiger partial charge on any atom is -0.393 e. The van der Waals surface area contributed by atoms with Crippen LogP contribution in [-0.2, 0) is 6.54 Å². The molecule has 1 aromatic carbocycles. The zero-order valence-electron chi connectivity index (χ0n) is 13.5. The minimum atomic E-state index is -0.143. The lowest BCUT2D eigenvalue weighted by molar-refractivity contribution is 0.126. The zero-order chi connectivity index (χ0) is 16.1. The highest BCUT2D eigenvalue weighted by Crippen LogP contribution is 2.22. The van der Waals surface area contributed by atoms with Crippen LogP contribution >= 0.6 is 0 Å². The lowest BCUT2D eigenvalue weighted by Gasteiger charge is -2.26. The van der Waals surface area contributed by atoms with E-state index in [0.717, 1.165) is 43.6 Å². The van der Waals surface area contributed by atoms with E-state index in [1.807, 2.05) is 31.3 Å². The van der Waals surface area contributed by atoms with Gasteiger partial charge in [0.25, 0.3) is 0 Å². The van der Waals surface area contributed by atoms with E-state index in [2.05, 4.69) is 32.7 Å². The summed E-state index contributed by atoms with van der Waals surface area (Å²) in [6.07, 6.45) is 5.33.